The number of methoxy groups -OCH3 is 2. The fourth-order valence-electron chi connectivity index (χ4n) is 4.02. The number of hydrogen-bond acceptors (Lipinski definition) is 4. The van der Waals surface area contributed by atoms with Gasteiger partial charge in [0.05, 0.1) is 14.2 Å². The van der Waals surface area contributed by atoms with Crippen LogP contribution in [0.4, 0.5) is 0 Å². The lowest BCUT2D eigenvalue weighted by Crippen LogP contribution is -2.23. The van der Waals surface area contributed by atoms with Crippen LogP contribution in [0.1, 0.15) is 103 Å². The van der Waals surface area contributed by atoms with Gasteiger partial charge in [0.2, 0.25) is 0 Å². The Hall–Kier alpha value is -0.480. The van der Waals surface area contributed by atoms with Crippen LogP contribution in [0.25, 0.3) is 0 Å². The van der Waals surface area contributed by atoms with Crippen LogP contribution in [0.3, 0.4) is 0 Å². The Kier molecular flexibility index (Phi) is 21.4. The van der Waals surface area contributed by atoms with Crippen LogP contribution in [-0.4, -0.2) is 37.9 Å². The monoisotopic (exact) mass is 466 g/mol. The Morgan fingerprint density at radius 1 is 0.567 bits per heavy atom. The van der Waals surface area contributed by atoms with Crippen molar-refractivity contribution >= 4 is 35.1 Å². The fraction of sp³-hybridized carbons (Fsp3) is 0.917. The van der Waals surface area contributed by atoms with E-state index in [4.69, 9.17) is 32.7 Å². The highest BCUT2D eigenvalue weighted by atomic mass is 35.5. The molecule has 0 aliphatic heterocycles. The molecule has 0 aromatic heterocycles. The van der Waals surface area contributed by atoms with Crippen LogP contribution in [0, 0.1) is 11.8 Å². The molecule has 30 heavy (non-hydrogen) atoms. The number of esters is 2. The molecule has 0 amide bonds. The Bertz CT molecular complexity index is 380. The average molecular weight is 468 g/mol. The summed E-state index contributed by atoms with van der Waals surface area (Å²) in [6.07, 6.45) is 16.5. The lowest BCUT2D eigenvalue weighted by atomic mass is 9.80. The molecular weight excluding hydrogens is 423 g/mol. The third kappa shape index (κ3) is 17.2. The second-order valence-electron chi connectivity index (χ2n) is 8.28. The predicted molar refractivity (Wildman–Crippen MR) is 126 cm³/mol. The first-order valence-electron chi connectivity index (χ1n) is 11.8. The van der Waals surface area contributed by atoms with Gasteiger partial charge in [-0.3, -0.25) is 9.59 Å². The molecule has 6 heteroatoms. The highest BCUT2D eigenvalue weighted by Gasteiger charge is 2.26. The number of ether oxygens (including phenoxy) is 2. The molecule has 4 nitrogen and oxygen atoms in total. The van der Waals surface area contributed by atoms with Gasteiger partial charge in [0.15, 0.2) is 0 Å². The van der Waals surface area contributed by atoms with Crippen molar-refractivity contribution in [2.24, 2.45) is 11.8 Å². The van der Waals surface area contributed by atoms with Gasteiger partial charge in [-0.25, -0.2) is 0 Å². The van der Waals surface area contributed by atoms with Crippen LogP contribution in [0.15, 0.2) is 0 Å². The van der Waals surface area contributed by atoms with Gasteiger partial charge in [-0.2, -0.15) is 0 Å². The fourth-order valence-corrected chi connectivity index (χ4v) is 4.40. The maximum atomic E-state index is 12.0. The van der Waals surface area contributed by atoms with Crippen molar-refractivity contribution in [2.45, 2.75) is 103 Å². The molecule has 0 aliphatic rings. The standard InChI is InChI=1S/C24H44Cl2O4/c1-29-23(27)19-21(15-11-7-3-5-9-13-17-25)22(20-24(28)30-2)16-12-8-4-6-10-14-18-26/h21-22H,3-20H2,1-2H3. The van der Waals surface area contributed by atoms with Gasteiger partial charge < -0.3 is 9.47 Å². The lowest BCUT2D eigenvalue weighted by Gasteiger charge is -2.26. The summed E-state index contributed by atoms with van der Waals surface area (Å²) in [6, 6.07) is 0. The zero-order chi connectivity index (χ0) is 22.5. The SMILES string of the molecule is COC(=O)CC(CCCCCCCCCl)C(CCCCCCCCCl)CC(=O)OC. The van der Waals surface area contributed by atoms with E-state index in [1.54, 1.807) is 0 Å². The van der Waals surface area contributed by atoms with Gasteiger partial charge in [-0.05, 0) is 37.5 Å². The van der Waals surface area contributed by atoms with E-state index >= 15 is 0 Å². The van der Waals surface area contributed by atoms with Crippen LogP contribution in [0.2, 0.25) is 0 Å². The van der Waals surface area contributed by atoms with E-state index in [0.29, 0.717) is 12.8 Å². The van der Waals surface area contributed by atoms with Gasteiger partial charge in [-0.1, -0.05) is 64.2 Å². The topological polar surface area (TPSA) is 52.6 Å². The largest absolute Gasteiger partial charge is 0.469 e. The van der Waals surface area contributed by atoms with E-state index in [-0.39, 0.29) is 23.8 Å². The summed E-state index contributed by atoms with van der Waals surface area (Å²) in [5.74, 6) is 1.47. The minimum atomic E-state index is -0.182. The average Bonchev–Trinajstić information content (AvgIpc) is 2.75. The van der Waals surface area contributed by atoms with Crippen molar-refractivity contribution in [3.05, 3.63) is 0 Å². The molecule has 0 aromatic rings. The zero-order valence-electron chi connectivity index (χ0n) is 19.3. The molecule has 0 spiro atoms. The summed E-state index contributed by atoms with van der Waals surface area (Å²) in [5.41, 5.74) is 0. The number of unbranched alkanes of at least 4 members (excludes halogenated alkanes) is 10. The van der Waals surface area contributed by atoms with Crippen molar-refractivity contribution in [3.63, 3.8) is 0 Å². The molecule has 2 atom stereocenters. The molecule has 0 fully saturated rings. The molecule has 0 radical (unpaired) electrons. The summed E-state index contributed by atoms with van der Waals surface area (Å²) in [7, 11) is 2.87. The van der Waals surface area contributed by atoms with Crippen molar-refractivity contribution in [2.75, 3.05) is 26.0 Å². The summed E-state index contributed by atoms with van der Waals surface area (Å²) in [6.45, 7) is 0. The first-order chi connectivity index (χ1) is 14.6. The van der Waals surface area contributed by atoms with Crippen LogP contribution >= 0.6 is 23.2 Å². The first-order valence-corrected chi connectivity index (χ1v) is 12.9. The van der Waals surface area contributed by atoms with Gasteiger partial charge in [0, 0.05) is 24.6 Å². The highest BCUT2D eigenvalue weighted by molar-refractivity contribution is 6.18. The molecular formula is C24H44Cl2O4. The van der Waals surface area contributed by atoms with Crippen molar-refractivity contribution in [1.82, 2.24) is 0 Å². The van der Waals surface area contributed by atoms with Crippen molar-refractivity contribution in [3.8, 4) is 0 Å². The number of carbonyl (C=O) groups excluding carboxylic acids is 2. The Morgan fingerprint density at radius 3 is 1.17 bits per heavy atom. The normalized spacial score (nSPS) is 13.1. The number of rotatable bonds is 21. The molecule has 2 unspecified atom stereocenters. The Morgan fingerprint density at radius 2 is 0.867 bits per heavy atom. The molecule has 0 rings (SSSR count). The number of carbonyl (C=O) groups is 2. The number of hydrogen-bond donors (Lipinski definition) is 0. The molecule has 0 bridgehead atoms. The van der Waals surface area contributed by atoms with E-state index in [0.717, 1.165) is 63.1 Å². The highest BCUT2D eigenvalue weighted by Crippen LogP contribution is 2.31. The number of halogens is 2. The molecule has 0 saturated heterocycles. The van der Waals surface area contributed by atoms with E-state index in [1.165, 1.54) is 52.7 Å². The molecule has 0 aromatic carbocycles. The summed E-state index contributed by atoms with van der Waals surface area (Å²) in [5, 5.41) is 0. The quantitative estimate of drug-likeness (QED) is 0.101. The summed E-state index contributed by atoms with van der Waals surface area (Å²) < 4.78 is 9.87. The van der Waals surface area contributed by atoms with Gasteiger partial charge >= 0.3 is 11.9 Å². The Balaban J connectivity index is 4.61. The van der Waals surface area contributed by atoms with Crippen LogP contribution in [0.5, 0.6) is 0 Å². The summed E-state index contributed by atoms with van der Waals surface area (Å²) >= 11 is 11.5. The lowest BCUT2D eigenvalue weighted by molar-refractivity contribution is -0.145. The van der Waals surface area contributed by atoms with E-state index in [2.05, 4.69) is 0 Å². The maximum absolute atomic E-state index is 12.0. The molecule has 0 N–H and O–H groups in total. The van der Waals surface area contributed by atoms with Gasteiger partial charge in [-0.15, -0.1) is 23.2 Å². The van der Waals surface area contributed by atoms with E-state index in [9.17, 15) is 9.59 Å². The predicted octanol–water partition coefficient (Wildman–Crippen LogP) is 7.28. The minimum absolute atomic E-state index is 0.177. The second kappa shape index (κ2) is 21.7. The van der Waals surface area contributed by atoms with Crippen LogP contribution < -0.4 is 0 Å². The van der Waals surface area contributed by atoms with Gasteiger partial charge in [0.1, 0.15) is 0 Å². The molecule has 0 heterocycles. The molecule has 0 aliphatic carbocycles. The zero-order valence-corrected chi connectivity index (χ0v) is 20.8. The van der Waals surface area contributed by atoms with Gasteiger partial charge in [0.25, 0.3) is 0 Å². The van der Waals surface area contributed by atoms with Crippen LogP contribution in [-0.2, 0) is 19.1 Å². The Labute approximate surface area is 194 Å². The first kappa shape index (κ1) is 29.5. The maximum Gasteiger partial charge on any atom is 0.305 e. The van der Waals surface area contributed by atoms with Crippen molar-refractivity contribution in [1.29, 1.82) is 0 Å². The summed E-state index contributed by atoms with van der Waals surface area (Å²) in [4.78, 5) is 24.0. The molecule has 0 saturated carbocycles. The third-order valence-electron chi connectivity index (χ3n) is 5.90. The smallest absolute Gasteiger partial charge is 0.305 e. The van der Waals surface area contributed by atoms with E-state index in [1.807, 2.05) is 0 Å². The third-order valence-corrected chi connectivity index (χ3v) is 6.43. The van der Waals surface area contributed by atoms with E-state index < -0.39 is 0 Å². The van der Waals surface area contributed by atoms with Crippen molar-refractivity contribution < 1.29 is 19.1 Å². The minimum Gasteiger partial charge on any atom is -0.469 e. The number of alkyl halides is 2. The second-order valence-corrected chi connectivity index (χ2v) is 9.03. The molecule has 178 valence electrons.